The third-order valence-corrected chi connectivity index (χ3v) is 7.83. The van der Waals surface area contributed by atoms with Gasteiger partial charge in [-0.2, -0.15) is 0 Å². The number of amides is 1. The predicted molar refractivity (Wildman–Crippen MR) is 151 cm³/mol. The van der Waals surface area contributed by atoms with Crippen LogP contribution in [-0.2, 0) is 19.0 Å². The van der Waals surface area contributed by atoms with Gasteiger partial charge < -0.3 is 59.6 Å². The first-order chi connectivity index (χ1) is 21.0. The molecule has 3 fully saturated rings. The lowest BCUT2D eigenvalue weighted by molar-refractivity contribution is -0.155. The van der Waals surface area contributed by atoms with Crippen LogP contribution in [0, 0.1) is 0 Å². The second-order valence-electron chi connectivity index (χ2n) is 10.9. The lowest BCUT2D eigenvalue weighted by Crippen LogP contribution is -2.67. The summed E-state index contributed by atoms with van der Waals surface area (Å²) in [5.74, 6) is -0.402. The Balaban J connectivity index is 1.18. The number of carbonyl (C=O) groups excluding carboxylic acids is 1. The highest BCUT2D eigenvalue weighted by atomic mass is 16.7. The molecule has 1 aromatic carbocycles. The first-order valence-corrected chi connectivity index (χ1v) is 14.0. The number of carbonyl (C=O) groups is 1. The molecule has 1 saturated carbocycles. The summed E-state index contributed by atoms with van der Waals surface area (Å²) in [4.78, 5) is 16.8. The zero-order chi connectivity index (χ0) is 31.5. The first-order valence-electron chi connectivity index (χ1n) is 14.0. The van der Waals surface area contributed by atoms with Gasteiger partial charge in [0.05, 0.1) is 12.2 Å². The second-order valence-corrected chi connectivity index (χ2v) is 10.9. The lowest BCUT2D eigenvalue weighted by atomic mass is 9.83. The van der Waals surface area contributed by atoms with Gasteiger partial charge in [-0.3, -0.25) is 9.78 Å². The van der Waals surface area contributed by atoms with Crippen LogP contribution in [-0.4, -0.2) is 116 Å². The zero-order valence-corrected chi connectivity index (χ0v) is 24.0. The molecule has 3 heterocycles. The number of hydrogen-bond acceptors (Lipinski definition) is 13. The summed E-state index contributed by atoms with van der Waals surface area (Å²) in [5, 5.41) is 65.5. The van der Waals surface area contributed by atoms with E-state index in [1.807, 2.05) is 0 Å². The topological polar surface area (TPSA) is 210 Å². The number of aliphatic hydroxyl groups is 5. The number of phenols is 1. The van der Waals surface area contributed by atoms with Gasteiger partial charge in [0.25, 0.3) is 0 Å². The smallest absolute Gasteiger partial charge is 0.247 e. The van der Waals surface area contributed by atoms with E-state index >= 15 is 0 Å². The van der Waals surface area contributed by atoms with E-state index in [-0.39, 0.29) is 30.5 Å². The molecular weight excluding hydrogens is 580 g/mol. The Bertz CT molecular complexity index is 1370. The van der Waals surface area contributed by atoms with Crippen LogP contribution in [0.5, 0.6) is 17.2 Å². The maximum atomic E-state index is 12.9. The van der Waals surface area contributed by atoms with Gasteiger partial charge in [-0.05, 0) is 61.4 Å². The highest BCUT2D eigenvalue weighted by Gasteiger charge is 2.53. The molecule has 1 aliphatic carbocycles. The highest BCUT2D eigenvalue weighted by molar-refractivity contribution is 5.97. The molecule has 14 heteroatoms. The zero-order valence-electron chi connectivity index (χ0n) is 24.0. The summed E-state index contributed by atoms with van der Waals surface area (Å²) in [6, 6.07) is 6.56. The minimum Gasteiger partial charge on any atom is -0.504 e. The van der Waals surface area contributed by atoms with Crippen molar-refractivity contribution in [2.75, 3.05) is 13.4 Å². The number of phenolic OH excluding ortho intramolecular Hbond substituents is 1. The Kier molecular flexibility index (Phi) is 9.82. The predicted octanol–water partition coefficient (Wildman–Crippen LogP) is -0.636. The first kappa shape index (κ1) is 31.8. The fourth-order valence-electron chi connectivity index (χ4n) is 5.32. The minimum absolute atomic E-state index is 0.0292. The van der Waals surface area contributed by atoms with Crippen molar-refractivity contribution in [2.45, 2.75) is 75.0 Å². The van der Waals surface area contributed by atoms with Crippen LogP contribution in [0.1, 0.15) is 19.4 Å². The molecule has 44 heavy (non-hydrogen) atoms. The summed E-state index contributed by atoms with van der Waals surface area (Å²) >= 11 is 0. The molecular formula is C30H36N2O12. The summed E-state index contributed by atoms with van der Waals surface area (Å²) in [5.41, 5.74) is 1.20. The van der Waals surface area contributed by atoms with Crippen LogP contribution in [0.2, 0.25) is 0 Å². The Morgan fingerprint density at radius 1 is 1.02 bits per heavy atom. The van der Waals surface area contributed by atoms with Crippen molar-refractivity contribution in [2.24, 2.45) is 0 Å². The number of fused-ring (bicyclic) bond motifs is 1. The fraction of sp³-hybridized carbons (Fsp3) is 0.467. The summed E-state index contributed by atoms with van der Waals surface area (Å²) in [7, 11) is 0. The molecule has 7 N–H and O–H groups in total. The van der Waals surface area contributed by atoms with Gasteiger partial charge in [0.2, 0.25) is 12.2 Å². The Morgan fingerprint density at radius 2 is 1.77 bits per heavy atom. The van der Waals surface area contributed by atoms with E-state index in [9.17, 15) is 35.4 Å². The average Bonchev–Trinajstić information content (AvgIpc) is 3.61. The second kappa shape index (κ2) is 13.6. The largest absolute Gasteiger partial charge is 0.504 e. The molecule has 0 radical (unpaired) electrons. The summed E-state index contributed by atoms with van der Waals surface area (Å²) in [6.07, 6.45) is -4.49. The van der Waals surface area contributed by atoms with Gasteiger partial charge >= 0.3 is 0 Å². The van der Waals surface area contributed by atoms with Crippen molar-refractivity contribution >= 4 is 12.0 Å². The fourth-order valence-corrected chi connectivity index (χ4v) is 5.32. The van der Waals surface area contributed by atoms with Gasteiger partial charge in [-0.1, -0.05) is 6.07 Å². The SMILES string of the molecule is C/C(=C\c1ccc(O[C@@H]2O[C@H](/C(C)=C/COc3cccnc3)[C@@H](O)[C@@H]2O)c(O)c1)C(=O)N[C@@H]1[C@H](O)[C@@H](O)[C@H]2OCO[C@H]2[C@@H]1O. The van der Waals surface area contributed by atoms with Gasteiger partial charge in [0, 0.05) is 11.8 Å². The Hall–Kier alpha value is -3.60. The van der Waals surface area contributed by atoms with Gasteiger partial charge in [0.1, 0.15) is 68.0 Å². The van der Waals surface area contributed by atoms with E-state index in [1.165, 1.54) is 25.1 Å². The van der Waals surface area contributed by atoms with Crippen molar-refractivity contribution < 1.29 is 59.1 Å². The molecule has 10 atom stereocenters. The van der Waals surface area contributed by atoms with Crippen molar-refractivity contribution in [3.05, 3.63) is 65.5 Å². The Morgan fingerprint density at radius 3 is 2.48 bits per heavy atom. The number of ether oxygens (including phenoxy) is 5. The molecule has 2 saturated heterocycles. The van der Waals surface area contributed by atoms with E-state index in [4.69, 9.17) is 23.7 Å². The lowest BCUT2D eigenvalue weighted by Gasteiger charge is -2.41. The molecule has 238 valence electrons. The normalized spacial score (nSPS) is 34.0. The molecule has 2 aromatic rings. The highest BCUT2D eigenvalue weighted by Crippen LogP contribution is 2.34. The quantitative estimate of drug-likeness (QED) is 0.138. The van der Waals surface area contributed by atoms with Gasteiger partial charge in [-0.25, -0.2) is 0 Å². The van der Waals surface area contributed by atoms with E-state index in [1.54, 1.807) is 43.6 Å². The third-order valence-electron chi connectivity index (χ3n) is 7.83. The number of aromatic hydroxyl groups is 1. The standard InChI is InChI=1S/C30H36N2O12/c1-14(7-9-40-17-4-3-8-31-12-17)26-24(37)25(38)30(44-26)43-19-6-5-16(11-18(19)33)10-15(2)29(39)32-20-21(34)23(36)28-27(22(20)35)41-13-42-28/h3-8,10-12,20-28,30,33-38H,9,13H2,1-2H3,(H,32,39)/b14-7+,15-10+/t20-,21+,22-,23-,24+,25+,26-,27+,28-,30-/m1/s1. The van der Waals surface area contributed by atoms with Gasteiger partial charge in [-0.15, -0.1) is 0 Å². The average molecular weight is 617 g/mol. The van der Waals surface area contributed by atoms with E-state index in [0.717, 1.165) is 0 Å². The number of hydrogen-bond donors (Lipinski definition) is 7. The van der Waals surface area contributed by atoms with E-state index in [2.05, 4.69) is 10.3 Å². The number of nitrogens with zero attached hydrogens (tertiary/aromatic N) is 1. The third kappa shape index (κ3) is 6.72. The molecule has 3 aliphatic rings. The van der Waals surface area contributed by atoms with Crippen LogP contribution in [0.3, 0.4) is 0 Å². The van der Waals surface area contributed by atoms with Crippen molar-refractivity contribution in [1.82, 2.24) is 10.3 Å². The van der Waals surface area contributed by atoms with E-state index in [0.29, 0.717) is 16.9 Å². The molecule has 1 amide bonds. The van der Waals surface area contributed by atoms with Crippen LogP contribution in [0.4, 0.5) is 0 Å². The number of pyridine rings is 1. The maximum Gasteiger partial charge on any atom is 0.247 e. The molecule has 0 unspecified atom stereocenters. The number of rotatable bonds is 9. The number of aliphatic hydroxyl groups excluding tert-OH is 5. The Labute approximate surface area is 252 Å². The van der Waals surface area contributed by atoms with Crippen molar-refractivity contribution in [1.29, 1.82) is 0 Å². The number of aromatic nitrogens is 1. The van der Waals surface area contributed by atoms with Crippen LogP contribution in [0.15, 0.2) is 59.9 Å². The summed E-state index contributed by atoms with van der Waals surface area (Å²) < 4.78 is 27.5. The molecule has 2 aliphatic heterocycles. The molecule has 0 spiro atoms. The van der Waals surface area contributed by atoms with E-state index < -0.39 is 67.1 Å². The minimum atomic E-state index is -1.49. The molecule has 0 bridgehead atoms. The van der Waals surface area contributed by atoms with Crippen molar-refractivity contribution in [3.63, 3.8) is 0 Å². The monoisotopic (exact) mass is 616 g/mol. The number of benzene rings is 1. The molecule has 5 rings (SSSR count). The van der Waals surface area contributed by atoms with Gasteiger partial charge in [0.15, 0.2) is 11.5 Å². The molecule has 1 aromatic heterocycles. The summed E-state index contributed by atoms with van der Waals surface area (Å²) in [6.45, 7) is 3.26. The molecule has 14 nitrogen and oxygen atoms in total. The number of nitrogens with one attached hydrogen (secondary N) is 1. The van der Waals surface area contributed by atoms with Crippen LogP contribution >= 0.6 is 0 Å². The maximum absolute atomic E-state index is 12.9. The van der Waals surface area contributed by atoms with Crippen LogP contribution in [0.25, 0.3) is 6.08 Å². The van der Waals surface area contributed by atoms with Crippen LogP contribution < -0.4 is 14.8 Å². The van der Waals surface area contributed by atoms with Crippen molar-refractivity contribution in [3.8, 4) is 17.2 Å².